The van der Waals surface area contributed by atoms with Gasteiger partial charge in [0.15, 0.2) is 6.29 Å². The summed E-state index contributed by atoms with van der Waals surface area (Å²) < 4.78 is 50.5. The number of aliphatic hydroxyl groups is 6. The topological polar surface area (TPSA) is 203 Å². The van der Waals surface area contributed by atoms with Crippen molar-refractivity contribution in [1.29, 1.82) is 0 Å². The first kappa shape index (κ1) is 35.8. The smallest absolute Gasteiger partial charge is 0.394 e. The van der Waals surface area contributed by atoms with Crippen molar-refractivity contribution in [3.63, 3.8) is 0 Å². The SMILES string of the molecule is CC(C)C(CC[C@@H](C)[C@H]1CC(O)[C@@H]2[C@]1(C)CC[C@H]1[C@@]2(O)CC(OS(=O)(=O)O)C2CC(O)CC[C@@]21C)O[C@@H]1O[C@@H](CO)[C@H](O)[C@H]1O. The molecule has 0 amide bonds. The lowest BCUT2D eigenvalue weighted by atomic mass is 9.42. The number of rotatable bonds is 10. The Labute approximate surface area is 267 Å². The van der Waals surface area contributed by atoms with Crippen LogP contribution in [0.15, 0.2) is 0 Å². The summed E-state index contributed by atoms with van der Waals surface area (Å²) in [6.45, 7) is 9.92. The molecule has 0 bridgehead atoms. The van der Waals surface area contributed by atoms with Crippen LogP contribution in [-0.4, -0.2) is 105 Å². The minimum absolute atomic E-state index is 0.0451. The van der Waals surface area contributed by atoms with Crippen LogP contribution < -0.4 is 0 Å². The maximum Gasteiger partial charge on any atom is 0.397 e. The Kier molecular flexibility index (Phi) is 10.2. The molecule has 5 unspecified atom stereocenters. The van der Waals surface area contributed by atoms with E-state index in [1.807, 2.05) is 20.8 Å². The summed E-state index contributed by atoms with van der Waals surface area (Å²) in [6.07, 6.45) is -2.43. The number of hydrogen-bond acceptors (Lipinski definition) is 11. The predicted molar refractivity (Wildman–Crippen MR) is 162 cm³/mol. The summed E-state index contributed by atoms with van der Waals surface area (Å²) >= 11 is 0. The van der Waals surface area contributed by atoms with E-state index in [9.17, 15) is 43.6 Å². The normalized spacial score (nSPS) is 49.8. The molecule has 1 aliphatic heterocycles. The molecule has 5 rings (SSSR count). The fraction of sp³-hybridized carbons (Fsp3) is 1.00. The highest BCUT2D eigenvalue weighted by atomic mass is 32.3. The molecule has 0 aromatic heterocycles. The minimum Gasteiger partial charge on any atom is -0.394 e. The Morgan fingerprint density at radius 1 is 0.956 bits per heavy atom. The van der Waals surface area contributed by atoms with Crippen LogP contribution in [0, 0.1) is 46.3 Å². The fourth-order valence-electron chi connectivity index (χ4n) is 11.0. The third kappa shape index (κ3) is 6.38. The molecule has 5 aliphatic rings. The van der Waals surface area contributed by atoms with E-state index in [4.69, 9.17) is 13.7 Å². The third-order valence-corrected chi connectivity index (χ3v) is 13.6. The van der Waals surface area contributed by atoms with E-state index in [2.05, 4.69) is 13.8 Å². The van der Waals surface area contributed by atoms with Gasteiger partial charge in [0, 0.05) is 12.3 Å². The zero-order valence-electron chi connectivity index (χ0n) is 27.2. The maximum atomic E-state index is 12.7. The van der Waals surface area contributed by atoms with Crippen LogP contribution in [-0.2, 0) is 24.1 Å². The lowest BCUT2D eigenvalue weighted by Crippen LogP contribution is -2.69. The van der Waals surface area contributed by atoms with Gasteiger partial charge in [0.25, 0.3) is 0 Å². The number of aliphatic hydroxyl groups excluding tert-OH is 5. The van der Waals surface area contributed by atoms with Crippen molar-refractivity contribution in [3.8, 4) is 0 Å². The van der Waals surface area contributed by atoms with E-state index in [0.717, 1.165) is 12.8 Å². The quantitative estimate of drug-likeness (QED) is 0.167. The standard InChI is InChI=1S/C32H56O12S/c1-16(2)22(42-29-27(37)26(36)24(15-33)43-29)7-6-17(3)19-13-21(35)28-31(19,5)11-9-25-30(4)10-8-18(34)12-20(30)23(14-32(25,28)38)44-45(39,40)41/h16-29,33-38H,6-15H2,1-5H3,(H,39,40,41)/t17-,18?,19-,20?,21?,22?,23?,24+,25-,26+,27-,28-,29-,30+,31-,32+/m1/s1. The van der Waals surface area contributed by atoms with Crippen molar-refractivity contribution in [2.45, 2.75) is 147 Å². The Hall–Kier alpha value is -0.450. The molecule has 12 nitrogen and oxygen atoms in total. The first-order chi connectivity index (χ1) is 20.9. The van der Waals surface area contributed by atoms with Gasteiger partial charge in [0.05, 0.1) is 36.6 Å². The van der Waals surface area contributed by atoms with Crippen molar-refractivity contribution in [2.75, 3.05) is 6.61 Å². The number of ether oxygens (including phenoxy) is 2. The van der Waals surface area contributed by atoms with Crippen molar-refractivity contribution in [2.24, 2.45) is 46.3 Å². The van der Waals surface area contributed by atoms with E-state index in [-0.39, 0.29) is 42.1 Å². The van der Waals surface area contributed by atoms with Gasteiger partial charge >= 0.3 is 10.4 Å². The van der Waals surface area contributed by atoms with E-state index >= 15 is 0 Å². The predicted octanol–water partition coefficient (Wildman–Crippen LogP) is 1.79. The van der Waals surface area contributed by atoms with E-state index in [0.29, 0.717) is 38.5 Å². The van der Waals surface area contributed by atoms with E-state index in [1.165, 1.54) is 0 Å². The van der Waals surface area contributed by atoms with Gasteiger partial charge in [-0.1, -0.05) is 34.6 Å². The highest BCUT2D eigenvalue weighted by Gasteiger charge is 2.71. The Bertz CT molecular complexity index is 1150. The van der Waals surface area contributed by atoms with Crippen LogP contribution >= 0.6 is 0 Å². The van der Waals surface area contributed by atoms with Crippen molar-refractivity contribution in [3.05, 3.63) is 0 Å². The summed E-state index contributed by atoms with van der Waals surface area (Å²) in [5, 5.41) is 64.9. The monoisotopic (exact) mass is 664 g/mol. The first-order valence-corrected chi connectivity index (χ1v) is 18.2. The van der Waals surface area contributed by atoms with Gasteiger partial charge in [0.2, 0.25) is 0 Å². The molecule has 7 N–H and O–H groups in total. The average Bonchev–Trinajstić information content (AvgIpc) is 3.37. The van der Waals surface area contributed by atoms with Crippen LogP contribution in [0.2, 0.25) is 0 Å². The Balaban J connectivity index is 1.34. The van der Waals surface area contributed by atoms with E-state index in [1.54, 1.807) is 0 Å². The lowest BCUT2D eigenvalue weighted by Gasteiger charge is -2.66. The van der Waals surface area contributed by atoms with Crippen molar-refractivity contribution >= 4 is 10.4 Å². The first-order valence-electron chi connectivity index (χ1n) is 16.9. The van der Waals surface area contributed by atoms with Gasteiger partial charge in [-0.3, -0.25) is 4.55 Å². The molecule has 4 saturated carbocycles. The second-order valence-corrected chi connectivity index (χ2v) is 17.0. The van der Waals surface area contributed by atoms with Gasteiger partial charge in [-0.05, 0) is 91.8 Å². The molecule has 0 aromatic carbocycles. The number of fused-ring (bicyclic) bond motifs is 5. The molecule has 0 spiro atoms. The van der Waals surface area contributed by atoms with E-state index < -0.39 is 82.3 Å². The fourth-order valence-corrected chi connectivity index (χ4v) is 11.5. The molecule has 0 aromatic rings. The van der Waals surface area contributed by atoms with Gasteiger partial charge in [-0.25, -0.2) is 4.18 Å². The van der Waals surface area contributed by atoms with Gasteiger partial charge in [-0.15, -0.1) is 0 Å². The second kappa shape index (κ2) is 12.8. The van der Waals surface area contributed by atoms with Crippen molar-refractivity contribution in [1.82, 2.24) is 0 Å². The summed E-state index contributed by atoms with van der Waals surface area (Å²) in [5.74, 6) is -0.841. The number of hydrogen-bond donors (Lipinski definition) is 7. The highest BCUT2D eigenvalue weighted by Crippen LogP contribution is 2.70. The molecule has 1 saturated heterocycles. The molecule has 1 heterocycles. The summed E-state index contributed by atoms with van der Waals surface area (Å²) in [7, 11) is -4.82. The van der Waals surface area contributed by atoms with Gasteiger partial charge in [-0.2, -0.15) is 8.42 Å². The van der Waals surface area contributed by atoms with Crippen LogP contribution in [0.5, 0.6) is 0 Å². The highest BCUT2D eigenvalue weighted by molar-refractivity contribution is 7.80. The zero-order chi connectivity index (χ0) is 33.3. The molecule has 262 valence electrons. The molecule has 4 aliphatic carbocycles. The summed E-state index contributed by atoms with van der Waals surface area (Å²) in [6, 6.07) is 0. The molecule has 45 heavy (non-hydrogen) atoms. The average molecular weight is 665 g/mol. The minimum atomic E-state index is -4.82. The molecule has 0 radical (unpaired) electrons. The second-order valence-electron chi connectivity index (χ2n) is 16.0. The molecule has 5 fully saturated rings. The molecular weight excluding hydrogens is 608 g/mol. The Morgan fingerprint density at radius 3 is 2.22 bits per heavy atom. The van der Waals surface area contributed by atoms with Crippen molar-refractivity contribution < 1.29 is 57.3 Å². The van der Waals surface area contributed by atoms with Crippen LogP contribution in [0.1, 0.15) is 92.4 Å². The largest absolute Gasteiger partial charge is 0.397 e. The summed E-state index contributed by atoms with van der Waals surface area (Å²) in [4.78, 5) is 0. The van der Waals surface area contributed by atoms with Crippen LogP contribution in [0.3, 0.4) is 0 Å². The van der Waals surface area contributed by atoms with Gasteiger partial charge < -0.3 is 40.1 Å². The Morgan fingerprint density at radius 2 is 1.62 bits per heavy atom. The zero-order valence-corrected chi connectivity index (χ0v) is 28.1. The molecule has 13 heteroatoms. The maximum absolute atomic E-state index is 12.7. The third-order valence-electron chi connectivity index (χ3n) is 13.1. The lowest BCUT2D eigenvalue weighted by molar-refractivity contribution is -0.260. The molecule has 16 atom stereocenters. The van der Waals surface area contributed by atoms with Gasteiger partial charge in [0.1, 0.15) is 18.3 Å². The summed E-state index contributed by atoms with van der Waals surface area (Å²) in [5.41, 5.74) is -2.40. The van der Waals surface area contributed by atoms with Crippen LogP contribution in [0.4, 0.5) is 0 Å². The molecular formula is C32H56O12S. The van der Waals surface area contributed by atoms with Crippen LogP contribution in [0.25, 0.3) is 0 Å².